The summed E-state index contributed by atoms with van der Waals surface area (Å²) >= 11 is 6.25. The highest BCUT2D eigenvalue weighted by atomic mass is 35.5. The minimum Gasteiger partial charge on any atom is -0.493 e. The molecule has 0 amide bonds. The Morgan fingerprint density at radius 2 is 2.10 bits per heavy atom. The van der Waals surface area contributed by atoms with Crippen molar-refractivity contribution in [2.45, 2.75) is 32.9 Å². The van der Waals surface area contributed by atoms with Crippen molar-refractivity contribution in [3.05, 3.63) is 22.7 Å². The molecular formula is C15H22ClNO4. The van der Waals surface area contributed by atoms with Crippen LogP contribution in [0.25, 0.3) is 0 Å². The summed E-state index contributed by atoms with van der Waals surface area (Å²) in [5.41, 5.74) is 0.968. The predicted octanol–water partition coefficient (Wildman–Crippen LogP) is 2.79. The normalized spacial score (nSPS) is 11.9. The molecule has 6 heteroatoms. The van der Waals surface area contributed by atoms with E-state index in [9.17, 15) is 4.79 Å². The lowest BCUT2D eigenvalue weighted by Crippen LogP contribution is -2.29. The Kier molecular flexibility index (Phi) is 7.32. The molecule has 0 saturated carbocycles. The zero-order valence-corrected chi connectivity index (χ0v) is 13.6. The van der Waals surface area contributed by atoms with E-state index in [1.807, 2.05) is 20.0 Å². The Labute approximate surface area is 130 Å². The van der Waals surface area contributed by atoms with Gasteiger partial charge in [-0.2, -0.15) is 0 Å². The van der Waals surface area contributed by atoms with Crippen molar-refractivity contribution in [2.24, 2.45) is 0 Å². The van der Waals surface area contributed by atoms with E-state index in [0.29, 0.717) is 36.1 Å². The van der Waals surface area contributed by atoms with Gasteiger partial charge in [0.15, 0.2) is 17.6 Å². The summed E-state index contributed by atoms with van der Waals surface area (Å²) in [5.74, 6) is 0.451. The highest BCUT2D eigenvalue weighted by Gasteiger charge is 2.23. The minimum absolute atomic E-state index is 0.310. The molecule has 1 rings (SSSR count). The molecule has 1 aromatic carbocycles. The number of benzene rings is 1. The summed E-state index contributed by atoms with van der Waals surface area (Å²) in [5, 5.41) is 3.44. The van der Waals surface area contributed by atoms with Gasteiger partial charge in [0.25, 0.3) is 0 Å². The lowest BCUT2D eigenvalue weighted by molar-refractivity contribution is -0.151. The lowest BCUT2D eigenvalue weighted by Gasteiger charge is -2.19. The highest BCUT2D eigenvalue weighted by molar-refractivity contribution is 6.32. The summed E-state index contributed by atoms with van der Waals surface area (Å²) in [4.78, 5) is 11.8. The molecule has 0 heterocycles. The maximum atomic E-state index is 11.8. The Hall–Kier alpha value is -1.46. The first-order valence-electron chi connectivity index (χ1n) is 6.91. The number of hydrogen-bond acceptors (Lipinski definition) is 5. The average Bonchev–Trinajstić information content (AvgIpc) is 2.46. The smallest absolute Gasteiger partial charge is 0.347 e. The number of carbonyl (C=O) groups is 1. The molecule has 0 aliphatic heterocycles. The molecule has 21 heavy (non-hydrogen) atoms. The van der Waals surface area contributed by atoms with Gasteiger partial charge >= 0.3 is 5.97 Å². The lowest BCUT2D eigenvalue weighted by atomic mass is 10.2. The van der Waals surface area contributed by atoms with E-state index in [0.717, 1.165) is 5.56 Å². The molecule has 0 fully saturated rings. The fourth-order valence-corrected chi connectivity index (χ4v) is 2.15. The molecule has 0 saturated heterocycles. The van der Waals surface area contributed by atoms with Gasteiger partial charge in [0.05, 0.1) is 18.7 Å². The van der Waals surface area contributed by atoms with Crippen molar-refractivity contribution in [2.75, 3.05) is 20.8 Å². The van der Waals surface area contributed by atoms with E-state index in [4.69, 9.17) is 25.8 Å². The topological polar surface area (TPSA) is 56.8 Å². The summed E-state index contributed by atoms with van der Waals surface area (Å²) in [7, 11) is 3.38. The fourth-order valence-electron chi connectivity index (χ4n) is 1.87. The first kappa shape index (κ1) is 17.6. The third kappa shape index (κ3) is 4.79. The van der Waals surface area contributed by atoms with Crippen LogP contribution in [0, 0.1) is 0 Å². The Morgan fingerprint density at radius 1 is 1.38 bits per heavy atom. The SMILES string of the molecule is CCOC(=O)C(CC)Oc1c(Cl)cc(CNC)cc1OC. The number of ether oxygens (including phenoxy) is 3. The third-order valence-corrected chi connectivity index (χ3v) is 3.13. The van der Waals surface area contributed by atoms with Crippen LogP contribution in [0.4, 0.5) is 0 Å². The number of methoxy groups -OCH3 is 1. The van der Waals surface area contributed by atoms with E-state index in [-0.39, 0.29) is 0 Å². The van der Waals surface area contributed by atoms with Crippen LogP contribution in [0.1, 0.15) is 25.8 Å². The average molecular weight is 316 g/mol. The molecule has 0 spiro atoms. The third-order valence-electron chi connectivity index (χ3n) is 2.85. The minimum atomic E-state index is -0.702. The van der Waals surface area contributed by atoms with Crippen LogP contribution in [0.3, 0.4) is 0 Å². The number of hydrogen-bond donors (Lipinski definition) is 1. The van der Waals surface area contributed by atoms with Crippen LogP contribution in [0.2, 0.25) is 5.02 Å². The molecule has 0 aliphatic carbocycles. The van der Waals surface area contributed by atoms with Gasteiger partial charge in [-0.15, -0.1) is 0 Å². The van der Waals surface area contributed by atoms with Crippen molar-refractivity contribution in [1.82, 2.24) is 5.32 Å². The molecular weight excluding hydrogens is 294 g/mol. The second kappa shape index (κ2) is 8.74. The molecule has 5 nitrogen and oxygen atoms in total. The van der Waals surface area contributed by atoms with E-state index < -0.39 is 12.1 Å². The summed E-state index contributed by atoms with van der Waals surface area (Å²) in [6.07, 6.45) is -0.220. The second-order valence-corrected chi connectivity index (χ2v) is 4.81. The molecule has 0 radical (unpaired) electrons. The first-order valence-corrected chi connectivity index (χ1v) is 7.29. The zero-order valence-electron chi connectivity index (χ0n) is 12.9. The van der Waals surface area contributed by atoms with E-state index in [1.165, 1.54) is 7.11 Å². The maximum Gasteiger partial charge on any atom is 0.347 e. The summed E-state index contributed by atoms with van der Waals surface area (Å²) in [6.45, 7) is 4.57. The molecule has 0 bridgehead atoms. The number of rotatable bonds is 8. The van der Waals surface area contributed by atoms with Gasteiger partial charge in [0.2, 0.25) is 0 Å². The molecule has 1 N–H and O–H groups in total. The van der Waals surface area contributed by atoms with Crippen molar-refractivity contribution < 1.29 is 19.0 Å². The Balaban J connectivity index is 3.02. The van der Waals surface area contributed by atoms with Gasteiger partial charge in [-0.25, -0.2) is 4.79 Å². The molecule has 1 atom stereocenters. The van der Waals surface area contributed by atoms with Crippen LogP contribution in [-0.4, -0.2) is 32.8 Å². The fraction of sp³-hybridized carbons (Fsp3) is 0.533. The molecule has 1 aromatic rings. The largest absolute Gasteiger partial charge is 0.493 e. The monoisotopic (exact) mass is 315 g/mol. The number of carbonyl (C=O) groups excluding carboxylic acids is 1. The van der Waals surface area contributed by atoms with Gasteiger partial charge in [-0.3, -0.25) is 0 Å². The van der Waals surface area contributed by atoms with Crippen LogP contribution < -0.4 is 14.8 Å². The van der Waals surface area contributed by atoms with E-state index in [2.05, 4.69) is 5.32 Å². The van der Waals surface area contributed by atoms with Crippen LogP contribution >= 0.6 is 11.6 Å². The molecule has 0 aromatic heterocycles. The second-order valence-electron chi connectivity index (χ2n) is 4.41. The van der Waals surface area contributed by atoms with E-state index >= 15 is 0 Å². The summed E-state index contributed by atoms with van der Waals surface area (Å²) < 4.78 is 16.0. The summed E-state index contributed by atoms with van der Waals surface area (Å²) in [6, 6.07) is 3.61. The quantitative estimate of drug-likeness (QED) is 0.748. The zero-order chi connectivity index (χ0) is 15.8. The van der Waals surface area contributed by atoms with Crippen LogP contribution in [0.15, 0.2) is 12.1 Å². The van der Waals surface area contributed by atoms with Crippen molar-refractivity contribution in [3.8, 4) is 11.5 Å². The Bertz CT molecular complexity index is 479. The van der Waals surface area contributed by atoms with Gasteiger partial charge in [0, 0.05) is 6.54 Å². The maximum absolute atomic E-state index is 11.8. The van der Waals surface area contributed by atoms with Gasteiger partial charge in [-0.1, -0.05) is 18.5 Å². The van der Waals surface area contributed by atoms with Crippen LogP contribution in [-0.2, 0) is 16.1 Å². The molecule has 1 unspecified atom stereocenters. The number of halogens is 1. The first-order chi connectivity index (χ1) is 10.1. The molecule has 118 valence electrons. The Morgan fingerprint density at radius 3 is 2.62 bits per heavy atom. The van der Waals surface area contributed by atoms with Crippen molar-refractivity contribution in [3.63, 3.8) is 0 Å². The van der Waals surface area contributed by atoms with Gasteiger partial charge < -0.3 is 19.5 Å². The van der Waals surface area contributed by atoms with Crippen molar-refractivity contribution >= 4 is 17.6 Å². The van der Waals surface area contributed by atoms with Gasteiger partial charge in [0.1, 0.15) is 0 Å². The molecule has 0 aliphatic rings. The highest BCUT2D eigenvalue weighted by Crippen LogP contribution is 2.37. The van der Waals surface area contributed by atoms with E-state index in [1.54, 1.807) is 13.0 Å². The standard InChI is InChI=1S/C15H22ClNO4/c1-5-12(15(18)20-6-2)21-14-11(16)7-10(9-17-3)8-13(14)19-4/h7-8,12,17H,5-6,9H2,1-4H3. The van der Waals surface area contributed by atoms with Gasteiger partial charge in [-0.05, 0) is 38.1 Å². The predicted molar refractivity (Wildman–Crippen MR) is 82.1 cm³/mol. The van der Waals surface area contributed by atoms with Crippen molar-refractivity contribution in [1.29, 1.82) is 0 Å². The van der Waals surface area contributed by atoms with Crippen LogP contribution in [0.5, 0.6) is 11.5 Å². The number of nitrogens with one attached hydrogen (secondary N) is 1. The number of esters is 1.